The molecular weight excluding hydrogens is 302 g/mol. The van der Waals surface area contributed by atoms with Crippen LogP contribution in [0.1, 0.15) is 25.8 Å². The molecule has 2 aromatic rings. The predicted octanol–water partition coefficient (Wildman–Crippen LogP) is 3.81. The van der Waals surface area contributed by atoms with Crippen molar-refractivity contribution in [3.63, 3.8) is 0 Å². The second-order valence-corrected chi connectivity index (χ2v) is 5.52. The van der Waals surface area contributed by atoms with Gasteiger partial charge in [-0.05, 0) is 24.1 Å². The summed E-state index contributed by atoms with van der Waals surface area (Å²) >= 11 is 0. The van der Waals surface area contributed by atoms with E-state index in [1.165, 1.54) is 12.3 Å². The van der Waals surface area contributed by atoms with Gasteiger partial charge in [-0.1, -0.05) is 19.9 Å². The van der Waals surface area contributed by atoms with E-state index in [-0.39, 0.29) is 30.0 Å². The van der Waals surface area contributed by atoms with Crippen molar-refractivity contribution in [3.05, 3.63) is 53.7 Å². The first-order valence-electron chi connectivity index (χ1n) is 7.29. The van der Waals surface area contributed by atoms with Gasteiger partial charge in [0.25, 0.3) is 0 Å². The maximum absolute atomic E-state index is 13.7. The topological polar surface area (TPSA) is 51.2 Å². The van der Waals surface area contributed by atoms with E-state index >= 15 is 0 Å². The second-order valence-electron chi connectivity index (χ2n) is 5.52. The fourth-order valence-corrected chi connectivity index (χ4v) is 1.95. The monoisotopic (exact) mass is 320 g/mol. The molecule has 0 radical (unpaired) electrons. The highest BCUT2D eigenvalue weighted by Crippen LogP contribution is 2.26. The van der Waals surface area contributed by atoms with Crippen molar-refractivity contribution in [2.75, 3.05) is 0 Å². The summed E-state index contributed by atoms with van der Waals surface area (Å²) in [5.41, 5.74) is 0.605. The van der Waals surface area contributed by atoms with Crippen LogP contribution in [-0.4, -0.2) is 10.9 Å². The molecule has 0 unspecified atom stereocenters. The Hall–Kier alpha value is -2.50. The largest absolute Gasteiger partial charge is 0.436 e. The number of rotatable bonds is 6. The van der Waals surface area contributed by atoms with E-state index < -0.39 is 11.6 Å². The van der Waals surface area contributed by atoms with Crippen LogP contribution < -0.4 is 10.1 Å². The Morgan fingerprint density at radius 1 is 1.30 bits per heavy atom. The molecule has 1 heterocycles. The maximum atomic E-state index is 13.7. The molecule has 1 aromatic carbocycles. The minimum Gasteiger partial charge on any atom is -0.436 e. The Labute approximate surface area is 133 Å². The molecule has 0 atom stereocenters. The third kappa shape index (κ3) is 5.02. The fraction of sp³-hybridized carbons (Fsp3) is 0.294. The van der Waals surface area contributed by atoms with Gasteiger partial charge in [0.15, 0.2) is 11.6 Å². The number of benzene rings is 1. The molecule has 0 saturated heterocycles. The van der Waals surface area contributed by atoms with Crippen molar-refractivity contribution in [1.29, 1.82) is 0 Å². The summed E-state index contributed by atoms with van der Waals surface area (Å²) in [6, 6.07) is 6.45. The molecule has 2 rings (SSSR count). The van der Waals surface area contributed by atoms with Gasteiger partial charge >= 0.3 is 0 Å². The maximum Gasteiger partial charge on any atom is 0.224 e. The summed E-state index contributed by atoms with van der Waals surface area (Å²) in [5, 5.41) is 2.77. The molecule has 0 aliphatic carbocycles. The van der Waals surface area contributed by atoms with Crippen LogP contribution in [0.2, 0.25) is 0 Å². The van der Waals surface area contributed by atoms with Crippen LogP contribution in [0.25, 0.3) is 0 Å². The number of halogens is 2. The van der Waals surface area contributed by atoms with E-state index in [9.17, 15) is 13.6 Å². The van der Waals surface area contributed by atoms with Crippen LogP contribution in [0.4, 0.5) is 8.78 Å². The Kier molecular flexibility index (Phi) is 5.62. The van der Waals surface area contributed by atoms with Crippen LogP contribution in [0.5, 0.6) is 11.6 Å². The van der Waals surface area contributed by atoms with Crippen molar-refractivity contribution >= 4 is 5.91 Å². The zero-order valence-corrected chi connectivity index (χ0v) is 13.0. The molecule has 0 bridgehead atoms. The molecule has 0 aliphatic heterocycles. The summed E-state index contributed by atoms with van der Waals surface area (Å²) in [6.45, 7) is 4.13. The lowest BCUT2D eigenvalue weighted by molar-refractivity contribution is -0.121. The van der Waals surface area contributed by atoms with Crippen molar-refractivity contribution < 1.29 is 18.3 Å². The molecule has 23 heavy (non-hydrogen) atoms. The summed E-state index contributed by atoms with van der Waals surface area (Å²) < 4.78 is 32.0. The summed E-state index contributed by atoms with van der Waals surface area (Å²) in [6.07, 6.45) is 1.92. The number of carbonyl (C=O) groups is 1. The Bertz CT molecular complexity index is 690. The molecule has 4 nitrogen and oxygen atoms in total. The van der Waals surface area contributed by atoms with E-state index in [1.54, 1.807) is 12.1 Å². The molecule has 0 saturated carbocycles. The number of hydrogen-bond acceptors (Lipinski definition) is 3. The normalized spacial score (nSPS) is 10.7. The number of hydrogen-bond donors (Lipinski definition) is 1. The Balaban J connectivity index is 2.09. The van der Waals surface area contributed by atoms with Gasteiger partial charge < -0.3 is 10.1 Å². The average Bonchev–Trinajstić information content (AvgIpc) is 2.48. The van der Waals surface area contributed by atoms with Crippen LogP contribution in [0.3, 0.4) is 0 Å². The first kappa shape index (κ1) is 16.9. The number of nitrogens with zero attached hydrogens (tertiary/aromatic N) is 1. The number of ether oxygens (including phenoxy) is 1. The quantitative estimate of drug-likeness (QED) is 0.880. The SMILES string of the molecule is CC(C)CC(=O)NCc1cccnc1Oc1ccc(F)cc1F. The zero-order valence-electron chi connectivity index (χ0n) is 13.0. The number of pyridine rings is 1. The van der Waals surface area contributed by atoms with Gasteiger partial charge in [-0.25, -0.2) is 13.8 Å². The van der Waals surface area contributed by atoms with Crippen LogP contribution in [0.15, 0.2) is 36.5 Å². The van der Waals surface area contributed by atoms with Crippen molar-refractivity contribution in [2.45, 2.75) is 26.8 Å². The summed E-state index contributed by atoms with van der Waals surface area (Å²) in [4.78, 5) is 15.8. The molecule has 122 valence electrons. The Morgan fingerprint density at radius 3 is 2.78 bits per heavy atom. The molecule has 6 heteroatoms. The van der Waals surface area contributed by atoms with E-state index in [2.05, 4.69) is 10.3 Å². The lowest BCUT2D eigenvalue weighted by Crippen LogP contribution is -2.24. The molecule has 0 aliphatic rings. The fourth-order valence-electron chi connectivity index (χ4n) is 1.95. The zero-order chi connectivity index (χ0) is 16.8. The highest BCUT2D eigenvalue weighted by atomic mass is 19.1. The van der Waals surface area contributed by atoms with Crippen molar-refractivity contribution in [1.82, 2.24) is 10.3 Å². The van der Waals surface area contributed by atoms with Gasteiger partial charge in [0.1, 0.15) is 5.82 Å². The number of carbonyl (C=O) groups excluding carboxylic acids is 1. The van der Waals surface area contributed by atoms with Gasteiger partial charge in [0, 0.05) is 30.8 Å². The Morgan fingerprint density at radius 2 is 2.09 bits per heavy atom. The molecule has 0 fully saturated rings. The standard InChI is InChI=1S/C17H18F2N2O2/c1-11(2)8-16(22)21-10-12-4-3-7-20-17(12)23-15-6-5-13(18)9-14(15)19/h3-7,9,11H,8,10H2,1-2H3,(H,21,22). The summed E-state index contributed by atoms with van der Waals surface area (Å²) in [5.74, 6) is -1.28. The van der Waals surface area contributed by atoms with Gasteiger partial charge in [-0.3, -0.25) is 4.79 Å². The van der Waals surface area contributed by atoms with Gasteiger partial charge in [0.05, 0.1) is 0 Å². The minimum atomic E-state index is -0.814. The van der Waals surface area contributed by atoms with E-state index in [0.717, 1.165) is 12.1 Å². The van der Waals surface area contributed by atoms with E-state index in [1.807, 2.05) is 13.8 Å². The molecule has 1 amide bonds. The number of amides is 1. The average molecular weight is 320 g/mol. The minimum absolute atomic E-state index is 0.0808. The summed E-state index contributed by atoms with van der Waals surface area (Å²) in [7, 11) is 0. The molecule has 0 spiro atoms. The van der Waals surface area contributed by atoms with E-state index in [0.29, 0.717) is 12.0 Å². The highest BCUT2D eigenvalue weighted by molar-refractivity contribution is 5.76. The third-order valence-corrected chi connectivity index (χ3v) is 3.02. The van der Waals surface area contributed by atoms with Crippen molar-refractivity contribution in [3.8, 4) is 11.6 Å². The molecule has 1 aromatic heterocycles. The second kappa shape index (κ2) is 7.67. The lowest BCUT2D eigenvalue weighted by Gasteiger charge is -2.12. The van der Waals surface area contributed by atoms with Crippen molar-refractivity contribution in [2.24, 2.45) is 5.92 Å². The van der Waals surface area contributed by atoms with Gasteiger partial charge in [0.2, 0.25) is 11.8 Å². The van der Waals surface area contributed by atoms with Gasteiger partial charge in [-0.15, -0.1) is 0 Å². The smallest absolute Gasteiger partial charge is 0.224 e. The molecule has 1 N–H and O–H groups in total. The number of nitrogens with one attached hydrogen (secondary N) is 1. The predicted molar refractivity (Wildman–Crippen MR) is 82.0 cm³/mol. The molecular formula is C17H18F2N2O2. The third-order valence-electron chi connectivity index (χ3n) is 3.02. The first-order valence-corrected chi connectivity index (χ1v) is 7.29. The van der Waals surface area contributed by atoms with Gasteiger partial charge in [-0.2, -0.15) is 0 Å². The van der Waals surface area contributed by atoms with Crippen LogP contribution in [0, 0.1) is 17.6 Å². The highest BCUT2D eigenvalue weighted by Gasteiger charge is 2.12. The number of aromatic nitrogens is 1. The van der Waals surface area contributed by atoms with Crippen LogP contribution in [-0.2, 0) is 11.3 Å². The van der Waals surface area contributed by atoms with E-state index in [4.69, 9.17) is 4.74 Å². The first-order chi connectivity index (χ1) is 11.0. The lowest BCUT2D eigenvalue weighted by atomic mass is 10.1. The van der Waals surface area contributed by atoms with Crippen LogP contribution >= 0.6 is 0 Å².